The summed E-state index contributed by atoms with van der Waals surface area (Å²) in [6.45, 7) is 4.69. The quantitative estimate of drug-likeness (QED) is 0.852. The number of hydrogen-bond donors (Lipinski definition) is 1. The van der Waals surface area contributed by atoms with Gasteiger partial charge < -0.3 is 10.5 Å². The van der Waals surface area contributed by atoms with Crippen LogP contribution in [-0.2, 0) is 11.2 Å². The molecular weight excluding hydrogens is 252 g/mol. The molecule has 108 valence electrons. The molecule has 0 spiro atoms. The minimum absolute atomic E-state index is 0.0171. The molecule has 4 heteroatoms. The fourth-order valence-electron chi connectivity index (χ4n) is 3.44. The highest BCUT2D eigenvalue weighted by Gasteiger charge is 2.40. The maximum Gasteiger partial charge on any atom is 0.153 e. The smallest absolute Gasteiger partial charge is 0.153 e. The number of Topliss-reactive ketones (excluding diaryl/α,β-unsaturated/α-hetero) is 1. The highest BCUT2D eigenvalue weighted by molar-refractivity contribution is 5.88. The Morgan fingerprint density at radius 2 is 2.10 bits per heavy atom. The van der Waals surface area contributed by atoms with Crippen LogP contribution in [0.25, 0.3) is 0 Å². The van der Waals surface area contributed by atoms with E-state index in [0.29, 0.717) is 12.4 Å². The molecule has 0 radical (unpaired) electrons. The number of nitrogen functional groups attached to an aromatic ring is 1. The van der Waals surface area contributed by atoms with Crippen molar-refractivity contribution in [1.29, 1.82) is 0 Å². The lowest BCUT2D eigenvalue weighted by Crippen LogP contribution is -2.56. The van der Waals surface area contributed by atoms with Gasteiger partial charge in [0.25, 0.3) is 0 Å². The zero-order valence-electron chi connectivity index (χ0n) is 12.0. The molecule has 0 aromatic heterocycles. The van der Waals surface area contributed by atoms with Gasteiger partial charge in [-0.3, -0.25) is 9.69 Å². The number of nitrogens with two attached hydrogens (primary N) is 1. The van der Waals surface area contributed by atoms with Crippen LogP contribution in [0.15, 0.2) is 18.2 Å². The number of carbonyl (C=O) groups excluding carboxylic acids is 1. The molecule has 3 heterocycles. The van der Waals surface area contributed by atoms with Crippen molar-refractivity contribution in [3.8, 4) is 5.75 Å². The lowest BCUT2D eigenvalue weighted by atomic mass is 9.80. The zero-order valence-corrected chi connectivity index (χ0v) is 12.0. The first-order valence-corrected chi connectivity index (χ1v) is 7.48. The normalized spacial score (nSPS) is 28.6. The largest absolute Gasteiger partial charge is 0.494 e. The van der Waals surface area contributed by atoms with Gasteiger partial charge in [0.2, 0.25) is 0 Å². The number of benzene rings is 1. The number of rotatable bonds is 4. The predicted octanol–water partition coefficient (Wildman–Crippen LogP) is 1.87. The average Bonchev–Trinajstić information content (AvgIpc) is 2.46. The van der Waals surface area contributed by atoms with Gasteiger partial charge in [-0.05, 0) is 63.0 Å². The second kappa shape index (κ2) is 5.44. The van der Waals surface area contributed by atoms with Gasteiger partial charge in [-0.15, -0.1) is 0 Å². The van der Waals surface area contributed by atoms with Gasteiger partial charge in [0.15, 0.2) is 5.78 Å². The fraction of sp³-hybridized carbons (Fsp3) is 0.562. The SMILES string of the molecule is CCOc1ccc(N)cc1CC1C(=O)C2CCN1CC2. The van der Waals surface area contributed by atoms with E-state index in [-0.39, 0.29) is 12.0 Å². The topological polar surface area (TPSA) is 55.6 Å². The molecule has 3 aliphatic heterocycles. The third-order valence-electron chi connectivity index (χ3n) is 4.50. The van der Waals surface area contributed by atoms with Crippen LogP contribution in [0, 0.1) is 5.92 Å². The maximum atomic E-state index is 12.4. The molecule has 2 bridgehead atoms. The minimum Gasteiger partial charge on any atom is -0.494 e. The molecule has 0 amide bonds. The van der Waals surface area contributed by atoms with Gasteiger partial charge in [-0.1, -0.05) is 0 Å². The highest BCUT2D eigenvalue weighted by atomic mass is 16.5. The Morgan fingerprint density at radius 3 is 2.75 bits per heavy atom. The van der Waals surface area contributed by atoms with E-state index >= 15 is 0 Å². The second-order valence-corrected chi connectivity index (χ2v) is 5.73. The summed E-state index contributed by atoms with van der Waals surface area (Å²) in [4.78, 5) is 14.8. The summed E-state index contributed by atoms with van der Waals surface area (Å²) < 4.78 is 5.66. The van der Waals surface area contributed by atoms with Crippen LogP contribution in [-0.4, -0.2) is 36.4 Å². The molecule has 3 aliphatic rings. The summed E-state index contributed by atoms with van der Waals surface area (Å²) in [6, 6.07) is 5.73. The highest BCUT2D eigenvalue weighted by Crippen LogP contribution is 2.32. The molecule has 1 unspecified atom stereocenters. The second-order valence-electron chi connectivity index (χ2n) is 5.73. The summed E-state index contributed by atoms with van der Waals surface area (Å²) >= 11 is 0. The van der Waals surface area contributed by atoms with E-state index in [2.05, 4.69) is 4.90 Å². The number of hydrogen-bond acceptors (Lipinski definition) is 4. The Balaban J connectivity index is 1.83. The number of fused-ring (bicyclic) bond motifs is 3. The van der Waals surface area contributed by atoms with Crippen molar-refractivity contribution in [3.05, 3.63) is 23.8 Å². The number of ether oxygens (including phenoxy) is 1. The molecule has 4 nitrogen and oxygen atoms in total. The monoisotopic (exact) mass is 274 g/mol. The van der Waals surface area contributed by atoms with Crippen LogP contribution in [0.5, 0.6) is 5.75 Å². The predicted molar refractivity (Wildman–Crippen MR) is 78.8 cm³/mol. The van der Waals surface area contributed by atoms with E-state index in [1.54, 1.807) is 0 Å². The Morgan fingerprint density at radius 1 is 1.35 bits per heavy atom. The van der Waals surface area contributed by atoms with Crippen molar-refractivity contribution < 1.29 is 9.53 Å². The van der Waals surface area contributed by atoms with E-state index in [1.807, 2.05) is 25.1 Å². The molecule has 4 rings (SSSR count). The molecule has 1 aromatic rings. The molecule has 1 aromatic carbocycles. The van der Waals surface area contributed by atoms with Crippen molar-refractivity contribution in [3.63, 3.8) is 0 Å². The molecule has 3 saturated heterocycles. The van der Waals surface area contributed by atoms with Gasteiger partial charge >= 0.3 is 0 Å². The van der Waals surface area contributed by atoms with Crippen LogP contribution in [0.2, 0.25) is 0 Å². The fourth-order valence-corrected chi connectivity index (χ4v) is 3.44. The summed E-state index contributed by atoms with van der Waals surface area (Å²) in [5.74, 6) is 1.55. The van der Waals surface area contributed by atoms with Crippen molar-refractivity contribution in [2.45, 2.75) is 32.2 Å². The summed E-state index contributed by atoms with van der Waals surface area (Å²) in [5, 5.41) is 0. The minimum atomic E-state index is 0.0171. The Kier molecular flexibility index (Phi) is 3.66. The number of nitrogens with zero attached hydrogens (tertiary/aromatic N) is 1. The first-order valence-electron chi connectivity index (χ1n) is 7.48. The van der Waals surface area contributed by atoms with Gasteiger partial charge in [0, 0.05) is 11.6 Å². The molecule has 0 saturated carbocycles. The van der Waals surface area contributed by atoms with Crippen molar-refractivity contribution in [2.24, 2.45) is 5.92 Å². The first kappa shape index (κ1) is 13.4. The zero-order chi connectivity index (χ0) is 14.1. The third kappa shape index (κ3) is 2.40. The van der Waals surface area contributed by atoms with Crippen molar-refractivity contribution >= 4 is 11.5 Å². The number of carbonyl (C=O) groups is 1. The molecular formula is C16H22N2O2. The lowest BCUT2D eigenvalue weighted by molar-refractivity contribution is -0.136. The van der Waals surface area contributed by atoms with E-state index in [1.165, 1.54) is 0 Å². The van der Waals surface area contributed by atoms with E-state index in [4.69, 9.17) is 10.5 Å². The Labute approximate surface area is 119 Å². The third-order valence-corrected chi connectivity index (χ3v) is 4.50. The van der Waals surface area contributed by atoms with Gasteiger partial charge in [-0.2, -0.15) is 0 Å². The Bertz CT molecular complexity index is 507. The van der Waals surface area contributed by atoms with E-state index in [9.17, 15) is 4.79 Å². The lowest BCUT2D eigenvalue weighted by Gasteiger charge is -2.44. The number of ketones is 1. The Hall–Kier alpha value is -1.55. The van der Waals surface area contributed by atoms with E-state index < -0.39 is 0 Å². The summed E-state index contributed by atoms with van der Waals surface area (Å²) in [7, 11) is 0. The standard InChI is InChI=1S/C16H22N2O2/c1-2-20-15-4-3-13(17)9-12(15)10-14-16(19)11-5-7-18(14)8-6-11/h3-4,9,11,14H,2,5-8,10,17H2,1H3. The molecule has 0 aliphatic carbocycles. The van der Waals surface area contributed by atoms with Crippen LogP contribution in [0.1, 0.15) is 25.3 Å². The van der Waals surface area contributed by atoms with Crippen LogP contribution in [0.3, 0.4) is 0 Å². The molecule has 20 heavy (non-hydrogen) atoms. The van der Waals surface area contributed by atoms with Crippen LogP contribution >= 0.6 is 0 Å². The first-order chi connectivity index (χ1) is 9.69. The summed E-state index contributed by atoms with van der Waals surface area (Å²) in [5.41, 5.74) is 7.67. The number of piperidine rings is 3. The van der Waals surface area contributed by atoms with E-state index in [0.717, 1.165) is 49.4 Å². The van der Waals surface area contributed by atoms with Gasteiger partial charge in [0.1, 0.15) is 5.75 Å². The summed E-state index contributed by atoms with van der Waals surface area (Å²) in [6.07, 6.45) is 2.78. The van der Waals surface area contributed by atoms with Crippen molar-refractivity contribution in [2.75, 3.05) is 25.4 Å². The maximum absolute atomic E-state index is 12.4. The molecule has 1 atom stereocenters. The molecule has 2 N–H and O–H groups in total. The molecule has 3 fully saturated rings. The van der Waals surface area contributed by atoms with Crippen LogP contribution in [0.4, 0.5) is 5.69 Å². The average molecular weight is 274 g/mol. The number of anilines is 1. The van der Waals surface area contributed by atoms with Gasteiger partial charge in [-0.25, -0.2) is 0 Å². The van der Waals surface area contributed by atoms with Crippen LogP contribution < -0.4 is 10.5 Å². The van der Waals surface area contributed by atoms with Crippen molar-refractivity contribution in [1.82, 2.24) is 4.90 Å². The van der Waals surface area contributed by atoms with Gasteiger partial charge in [0.05, 0.1) is 12.6 Å².